The summed E-state index contributed by atoms with van der Waals surface area (Å²) in [5, 5.41) is 50.0. The third-order valence-electron chi connectivity index (χ3n) is 11.7. The summed E-state index contributed by atoms with van der Waals surface area (Å²) in [6.45, 7) is 9.66. The van der Waals surface area contributed by atoms with Gasteiger partial charge in [0.05, 0.1) is 18.1 Å². The summed E-state index contributed by atoms with van der Waals surface area (Å²) in [6.07, 6.45) is -1.11. The Bertz CT molecular complexity index is 1030. The van der Waals surface area contributed by atoms with Crippen molar-refractivity contribution in [3.63, 3.8) is 0 Å². The van der Waals surface area contributed by atoms with Crippen LogP contribution in [0.15, 0.2) is 12.2 Å². The molecular weight excluding hydrogens is 532 g/mol. The normalized spacial score (nSPS) is 48.1. The molecule has 0 radical (unpaired) electrons. The molecule has 1 unspecified atom stereocenters. The van der Waals surface area contributed by atoms with Crippen molar-refractivity contribution in [1.29, 1.82) is 0 Å². The SMILES string of the molecule is C=C1[C@@H]2CC[C@H]3[C@]4(C)CCC[C@@](C)(C(=O)O[C@@H]5O[C@H](CO)[C@@H](O)[C@H](O)[C@H]5O)[C@H]4CC[C@]3(C2)[C@H]1OC(=O)CCC(C)O. The zero-order valence-corrected chi connectivity index (χ0v) is 24.5. The van der Waals surface area contributed by atoms with Crippen LogP contribution in [-0.2, 0) is 23.8 Å². The van der Waals surface area contributed by atoms with Gasteiger partial charge in [0.25, 0.3) is 0 Å². The van der Waals surface area contributed by atoms with E-state index >= 15 is 0 Å². The smallest absolute Gasteiger partial charge is 0.314 e. The standard InChI is InChI=1S/C31H48O10/c1-16(33)6-9-22(34)40-26-17(2)18-7-8-21-29(3)11-5-12-30(4,20(29)10-13-31(21,26)14-18)28(38)41-27-25(37)24(36)23(35)19(15-32)39-27/h16,18-21,23-27,32-33,35-37H,2,5-15H2,1,3-4H3/t16?,18-,19-,20+,21+,23-,24+,25-,26+,27+,29-,30-,31-/m1/s1. The topological polar surface area (TPSA) is 163 Å². The van der Waals surface area contributed by atoms with Crippen LogP contribution >= 0.6 is 0 Å². The number of fused-ring (bicyclic) bond motifs is 3. The summed E-state index contributed by atoms with van der Waals surface area (Å²) in [4.78, 5) is 26.7. The Hall–Kier alpha value is -1.56. The van der Waals surface area contributed by atoms with Gasteiger partial charge in [0.1, 0.15) is 30.5 Å². The van der Waals surface area contributed by atoms with E-state index in [4.69, 9.17) is 14.2 Å². The maximum Gasteiger partial charge on any atom is 0.314 e. The maximum atomic E-state index is 13.9. The third-order valence-corrected chi connectivity index (χ3v) is 11.7. The highest BCUT2D eigenvalue weighted by Gasteiger charge is 2.69. The van der Waals surface area contributed by atoms with Gasteiger partial charge in [-0.25, -0.2) is 0 Å². The first-order valence-corrected chi connectivity index (χ1v) is 15.4. The number of rotatable bonds is 7. The Kier molecular flexibility index (Phi) is 8.42. The molecule has 5 fully saturated rings. The van der Waals surface area contributed by atoms with Crippen LogP contribution in [0.4, 0.5) is 0 Å². The Morgan fingerprint density at radius 3 is 2.44 bits per heavy atom. The zero-order valence-electron chi connectivity index (χ0n) is 24.5. The highest BCUT2D eigenvalue weighted by atomic mass is 16.7. The molecule has 0 amide bonds. The van der Waals surface area contributed by atoms with E-state index < -0.39 is 54.8 Å². The number of esters is 2. The average Bonchev–Trinajstić information content (AvgIpc) is 3.11. The molecule has 1 heterocycles. The second kappa shape index (κ2) is 11.2. The first-order valence-electron chi connectivity index (χ1n) is 15.4. The molecule has 1 aliphatic heterocycles. The van der Waals surface area contributed by atoms with Gasteiger partial charge < -0.3 is 39.7 Å². The van der Waals surface area contributed by atoms with Crippen molar-refractivity contribution in [2.45, 2.75) is 128 Å². The van der Waals surface area contributed by atoms with Crippen LogP contribution in [0.25, 0.3) is 0 Å². The van der Waals surface area contributed by atoms with Crippen LogP contribution in [0.1, 0.15) is 85.0 Å². The maximum absolute atomic E-state index is 13.9. The van der Waals surface area contributed by atoms with Crippen molar-refractivity contribution < 1.29 is 49.3 Å². The third kappa shape index (κ3) is 4.96. The first-order chi connectivity index (χ1) is 19.3. The monoisotopic (exact) mass is 580 g/mol. The van der Waals surface area contributed by atoms with Gasteiger partial charge in [-0.1, -0.05) is 19.9 Å². The van der Waals surface area contributed by atoms with Gasteiger partial charge in [0, 0.05) is 11.8 Å². The van der Waals surface area contributed by atoms with Gasteiger partial charge in [-0.2, -0.15) is 0 Å². The lowest BCUT2D eigenvalue weighted by Gasteiger charge is -2.64. The molecule has 5 N–H and O–H groups in total. The number of aliphatic hydroxyl groups is 5. The molecule has 0 aromatic carbocycles. The second-order valence-electron chi connectivity index (χ2n) is 14.1. The highest BCUT2D eigenvalue weighted by Crippen LogP contribution is 2.72. The molecule has 10 heteroatoms. The lowest BCUT2D eigenvalue weighted by Crippen LogP contribution is -2.62. The molecule has 4 saturated carbocycles. The number of hydrogen-bond donors (Lipinski definition) is 5. The van der Waals surface area contributed by atoms with Gasteiger partial charge in [-0.3, -0.25) is 9.59 Å². The second-order valence-corrected chi connectivity index (χ2v) is 14.1. The lowest BCUT2D eigenvalue weighted by atomic mass is 9.40. The minimum Gasteiger partial charge on any atom is -0.457 e. The lowest BCUT2D eigenvalue weighted by molar-refractivity contribution is -0.298. The van der Waals surface area contributed by atoms with Crippen LogP contribution in [0.5, 0.6) is 0 Å². The average molecular weight is 581 g/mol. The van der Waals surface area contributed by atoms with Gasteiger partial charge in [0.15, 0.2) is 0 Å². The van der Waals surface area contributed by atoms with Gasteiger partial charge in [-0.15, -0.1) is 0 Å². The summed E-state index contributed by atoms with van der Waals surface area (Å²) < 4.78 is 17.4. The summed E-state index contributed by atoms with van der Waals surface area (Å²) in [5.74, 6) is -0.305. The fraction of sp³-hybridized carbons (Fsp3) is 0.871. The van der Waals surface area contributed by atoms with E-state index in [1.54, 1.807) is 6.92 Å². The van der Waals surface area contributed by atoms with E-state index in [9.17, 15) is 35.1 Å². The molecule has 41 heavy (non-hydrogen) atoms. The van der Waals surface area contributed by atoms with Crippen LogP contribution < -0.4 is 0 Å². The molecule has 13 atom stereocenters. The van der Waals surface area contributed by atoms with E-state index in [2.05, 4.69) is 13.5 Å². The van der Waals surface area contributed by atoms with E-state index in [1.165, 1.54) is 0 Å². The molecule has 2 bridgehead atoms. The van der Waals surface area contributed by atoms with Crippen molar-refractivity contribution in [2.24, 2.45) is 34.0 Å². The largest absolute Gasteiger partial charge is 0.457 e. The van der Waals surface area contributed by atoms with Crippen LogP contribution in [0, 0.1) is 34.0 Å². The molecule has 5 aliphatic rings. The van der Waals surface area contributed by atoms with Crippen molar-refractivity contribution >= 4 is 11.9 Å². The fourth-order valence-electron chi connectivity index (χ4n) is 9.69. The minimum absolute atomic E-state index is 0.0197. The Morgan fingerprint density at radius 1 is 1.02 bits per heavy atom. The van der Waals surface area contributed by atoms with Crippen molar-refractivity contribution in [2.75, 3.05) is 6.61 Å². The van der Waals surface area contributed by atoms with Crippen LogP contribution in [-0.4, -0.2) is 87.0 Å². The van der Waals surface area contributed by atoms with Crippen molar-refractivity contribution in [3.8, 4) is 0 Å². The Balaban J connectivity index is 1.38. The molecule has 0 aromatic rings. The first kappa shape index (κ1) is 30.9. The zero-order chi connectivity index (χ0) is 29.9. The van der Waals surface area contributed by atoms with Crippen molar-refractivity contribution in [1.82, 2.24) is 0 Å². The predicted molar refractivity (Wildman–Crippen MR) is 146 cm³/mol. The Morgan fingerprint density at radius 2 is 1.76 bits per heavy atom. The highest BCUT2D eigenvalue weighted by molar-refractivity contribution is 5.77. The molecule has 0 aromatic heterocycles. The van der Waals surface area contributed by atoms with Crippen LogP contribution in [0.2, 0.25) is 0 Å². The number of ether oxygens (including phenoxy) is 3. The van der Waals surface area contributed by atoms with E-state index in [0.29, 0.717) is 18.8 Å². The number of carbonyl (C=O) groups is 2. The van der Waals surface area contributed by atoms with E-state index in [0.717, 1.165) is 50.5 Å². The molecule has 232 valence electrons. The number of hydrogen-bond acceptors (Lipinski definition) is 10. The fourth-order valence-corrected chi connectivity index (χ4v) is 9.69. The van der Waals surface area contributed by atoms with Gasteiger partial charge in [0.2, 0.25) is 6.29 Å². The number of carbonyl (C=O) groups excluding carboxylic acids is 2. The summed E-state index contributed by atoms with van der Waals surface area (Å²) in [5.41, 5.74) is -0.325. The van der Waals surface area contributed by atoms with E-state index in [-0.39, 0.29) is 41.2 Å². The summed E-state index contributed by atoms with van der Waals surface area (Å²) >= 11 is 0. The number of aliphatic hydroxyl groups excluding tert-OH is 5. The van der Waals surface area contributed by atoms with Gasteiger partial charge in [-0.05, 0) is 94.0 Å². The predicted octanol–water partition coefficient (Wildman–Crippen LogP) is 1.98. The van der Waals surface area contributed by atoms with E-state index in [1.807, 2.05) is 6.92 Å². The molecule has 5 rings (SSSR count). The summed E-state index contributed by atoms with van der Waals surface area (Å²) in [7, 11) is 0. The molecule has 10 nitrogen and oxygen atoms in total. The summed E-state index contributed by atoms with van der Waals surface area (Å²) in [6, 6.07) is 0. The van der Waals surface area contributed by atoms with Crippen molar-refractivity contribution in [3.05, 3.63) is 12.2 Å². The molecule has 1 spiro atoms. The molecule has 1 saturated heterocycles. The minimum atomic E-state index is -1.64. The Labute approximate surface area is 242 Å². The van der Waals surface area contributed by atoms with Crippen LogP contribution in [0.3, 0.4) is 0 Å². The quantitative estimate of drug-likeness (QED) is 0.222. The molecule has 4 aliphatic carbocycles. The molecular formula is C31H48O10. The van der Waals surface area contributed by atoms with Gasteiger partial charge >= 0.3 is 11.9 Å².